The molecule has 14 heavy (non-hydrogen) atoms. The Kier molecular flexibility index (Phi) is 3.97. The molecule has 0 bridgehead atoms. The van der Waals surface area contributed by atoms with E-state index in [1.807, 2.05) is 6.92 Å². The lowest BCUT2D eigenvalue weighted by Gasteiger charge is -2.23. The molecule has 0 aromatic carbocycles. The Morgan fingerprint density at radius 1 is 1.50 bits per heavy atom. The van der Waals surface area contributed by atoms with Gasteiger partial charge in [-0.2, -0.15) is 0 Å². The van der Waals surface area contributed by atoms with Gasteiger partial charge in [0.25, 0.3) is 0 Å². The quantitative estimate of drug-likeness (QED) is 0.737. The van der Waals surface area contributed by atoms with Crippen molar-refractivity contribution in [3.05, 3.63) is 0 Å². The van der Waals surface area contributed by atoms with Crippen LogP contribution in [0, 0.1) is 5.41 Å². The van der Waals surface area contributed by atoms with Gasteiger partial charge in [0.2, 0.25) is 5.91 Å². The molecule has 1 amide bonds. The molecule has 0 saturated heterocycles. The smallest absolute Gasteiger partial charge is 0.219 e. The van der Waals surface area contributed by atoms with Crippen LogP contribution < -0.4 is 5.32 Å². The van der Waals surface area contributed by atoms with E-state index in [0.29, 0.717) is 17.9 Å². The molecule has 2 atom stereocenters. The van der Waals surface area contributed by atoms with Crippen LogP contribution in [-0.4, -0.2) is 11.9 Å². The molecule has 1 aliphatic carbocycles. The lowest BCUT2D eigenvalue weighted by molar-refractivity contribution is -0.121. The number of carbonyl (C=O) groups excluding carboxylic acids is 1. The lowest BCUT2D eigenvalue weighted by atomic mass is 9.84. The normalized spacial score (nSPS) is 31.8. The van der Waals surface area contributed by atoms with Crippen molar-refractivity contribution in [1.29, 1.82) is 0 Å². The van der Waals surface area contributed by atoms with Gasteiger partial charge in [0.15, 0.2) is 0 Å². The summed E-state index contributed by atoms with van der Waals surface area (Å²) in [7, 11) is 0. The molecule has 1 rings (SSSR count). The number of hydrogen-bond donors (Lipinski definition) is 1. The van der Waals surface area contributed by atoms with Gasteiger partial charge in [-0.25, -0.2) is 0 Å². The van der Waals surface area contributed by atoms with Crippen LogP contribution in [0.3, 0.4) is 0 Å². The highest BCUT2D eigenvalue weighted by Crippen LogP contribution is 2.41. The van der Waals surface area contributed by atoms with Gasteiger partial charge >= 0.3 is 0 Å². The van der Waals surface area contributed by atoms with Crippen LogP contribution >= 0.6 is 0 Å². The highest BCUT2D eigenvalue weighted by atomic mass is 16.1. The molecule has 0 aliphatic heterocycles. The molecule has 2 unspecified atom stereocenters. The summed E-state index contributed by atoms with van der Waals surface area (Å²) in [6.45, 7) is 6.51. The number of nitrogens with one attached hydrogen (secondary N) is 1. The molecule has 2 nitrogen and oxygen atoms in total. The van der Waals surface area contributed by atoms with Crippen LogP contribution in [0.25, 0.3) is 0 Å². The second-order valence-corrected chi connectivity index (χ2v) is 4.92. The van der Waals surface area contributed by atoms with Gasteiger partial charge in [-0.3, -0.25) is 4.79 Å². The Morgan fingerprint density at radius 3 is 2.79 bits per heavy atom. The van der Waals surface area contributed by atoms with Crippen molar-refractivity contribution in [2.75, 3.05) is 0 Å². The SMILES string of the molecule is CCCC1(C)CCC(NC(=O)CC)C1. The fraction of sp³-hybridized carbons (Fsp3) is 0.917. The Bertz CT molecular complexity index is 202. The van der Waals surface area contributed by atoms with E-state index in [9.17, 15) is 4.79 Å². The predicted octanol–water partition coefficient (Wildman–Crippen LogP) is 2.87. The maximum atomic E-state index is 11.2. The average molecular weight is 197 g/mol. The molecular weight excluding hydrogens is 174 g/mol. The van der Waals surface area contributed by atoms with Crippen LogP contribution in [0.4, 0.5) is 0 Å². The van der Waals surface area contributed by atoms with Gasteiger partial charge in [0, 0.05) is 12.5 Å². The molecule has 1 fully saturated rings. The summed E-state index contributed by atoms with van der Waals surface area (Å²) in [4.78, 5) is 11.2. The average Bonchev–Trinajstić information content (AvgIpc) is 2.48. The van der Waals surface area contributed by atoms with E-state index in [0.717, 1.165) is 0 Å². The minimum Gasteiger partial charge on any atom is -0.353 e. The van der Waals surface area contributed by atoms with Crippen molar-refractivity contribution in [2.45, 2.75) is 65.3 Å². The van der Waals surface area contributed by atoms with Crippen LogP contribution in [0.15, 0.2) is 0 Å². The van der Waals surface area contributed by atoms with Gasteiger partial charge in [-0.15, -0.1) is 0 Å². The second-order valence-electron chi connectivity index (χ2n) is 4.92. The second kappa shape index (κ2) is 4.81. The third kappa shape index (κ3) is 3.00. The minimum atomic E-state index is 0.204. The summed E-state index contributed by atoms with van der Waals surface area (Å²) in [6.07, 6.45) is 6.78. The van der Waals surface area contributed by atoms with Gasteiger partial charge in [-0.05, 0) is 31.1 Å². The number of hydrogen-bond acceptors (Lipinski definition) is 1. The first kappa shape index (κ1) is 11.5. The summed E-state index contributed by atoms with van der Waals surface area (Å²) in [5, 5.41) is 3.10. The van der Waals surface area contributed by atoms with Gasteiger partial charge < -0.3 is 5.32 Å². The maximum absolute atomic E-state index is 11.2. The topological polar surface area (TPSA) is 29.1 Å². The van der Waals surface area contributed by atoms with Gasteiger partial charge in [-0.1, -0.05) is 27.2 Å². The molecule has 0 aromatic rings. The number of rotatable bonds is 4. The van der Waals surface area contributed by atoms with Crippen molar-refractivity contribution >= 4 is 5.91 Å². The van der Waals surface area contributed by atoms with E-state index in [-0.39, 0.29) is 5.91 Å². The molecule has 82 valence electrons. The van der Waals surface area contributed by atoms with E-state index in [4.69, 9.17) is 0 Å². The van der Waals surface area contributed by atoms with E-state index < -0.39 is 0 Å². The van der Waals surface area contributed by atoms with E-state index >= 15 is 0 Å². The Labute approximate surface area is 87.5 Å². The van der Waals surface area contributed by atoms with Gasteiger partial charge in [0.1, 0.15) is 0 Å². The van der Waals surface area contributed by atoms with E-state index in [1.165, 1.54) is 32.1 Å². The first-order chi connectivity index (χ1) is 6.59. The summed E-state index contributed by atoms with van der Waals surface area (Å²) in [5.74, 6) is 0.204. The Hall–Kier alpha value is -0.530. The van der Waals surface area contributed by atoms with Crippen molar-refractivity contribution in [3.8, 4) is 0 Å². The number of carbonyl (C=O) groups is 1. The van der Waals surface area contributed by atoms with Crippen LogP contribution in [0.5, 0.6) is 0 Å². The monoisotopic (exact) mass is 197 g/mol. The summed E-state index contributed by atoms with van der Waals surface area (Å²) < 4.78 is 0. The highest BCUT2D eigenvalue weighted by molar-refractivity contribution is 5.75. The van der Waals surface area contributed by atoms with Gasteiger partial charge in [0.05, 0.1) is 0 Å². The molecule has 0 spiro atoms. The molecule has 1 aliphatic rings. The first-order valence-electron chi connectivity index (χ1n) is 5.89. The Balaban J connectivity index is 2.36. The van der Waals surface area contributed by atoms with Crippen molar-refractivity contribution in [1.82, 2.24) is 5.32 Å². The molecule has 0 heterocycles. The lowest BCUT2D eigenvalue weighted by Crippen LogP contribution is -2.33. The van der Waals surface area contributed by atoms with Crippen molar-refractivity contribution < 1.29 is 4.79 Å². The standard InChI is InChI=1S/C12H23NO/c1-4-7-12(3)8-6-10(9-12)13-11(14)5-2/h10H,4-9H2,1-3H3,(H,13,14). The fourth-order valence-electron chi connectivity index (χ4n) is 2.61. The highest BCUT2D eigenvalue weighted by Gasteiger charge is 2.34. The zero-order valence-corrected chi connectivity index (χ0v) is 9.73. The molecular formula is C12H23NO. The molecule has 1 saturated carbocycles. The van der Waals surface area contributed by atoms with E-state index in [1.54, 1.807) is 0 Å². The van der Waals surface area contributed by atoms with Crippen molar-refractivity contribution in [3.63, 3.8) is 0 Å². The van der Waals surface area contributed by atoms with Crippen LogP contribution in [0.2, 0.25) is 0 Å². The third-order valence-corrected chi connectivity index (χ3v) is 3.38. The first-order valence-corrected chi connectivity index (χ1v) is 5.89. The molecule has 2 heteroatoms. The predicted molar refractivity (Wildman–Crippen MR) is 59.1 cm³/mol. The molecule has 1 N–H and O–H groups in total. The molecule has 0 radical (unpaired) electrons. The Morgan fingerprint density at radius 2 is 2.21 bits per heavy atom. The van der Waals surface area contributed by atoms with Crippen molar-refractivity contribution in [2.24, 2.45) is 5.41 Å². The zero-order valence-electron chi connectivity index (χ0n) is 9.73. The number of amides is 1. The largest absolute Gasteiger partial charge is 0.353 e. The summed E-state index contributed by atoms with van der Waals surface area (Å²) >= 11 is 0. The fourth-order valence-corrected chi connectivity index (χ4v) is 2.61. The zero-order chi connectivity index (χ0) is 10.6. The maximum Gasteiger partial charge on any atom is 0.219 e. The summed E-state index contributed by atoms with van der Waals surface area (Å²) in [5.41, 5.74) is 0.487. The van der Waals surface area contributed by atoms with Crippen LogP contribution in [0.1, 0.15) is 59.3 Å². The molecule has 0 aromatic heterocycles. The summed E-state index contributed by atoms with van der Waals surface area (Å²) in [6, 6.07) is 0.444. The minimum absolute atomic E-state index is 0.204. The third-order valence-electron chi connectivity index (χ3n) is 3.38. The van der Waals surface area contributed by atoms with E-state index in [2.05, 4.69) is 19.2 Å². The van der Waals surface area contributed by atoms with Crippen LogP contribution in [-0.2, 0) is 4.79 Å².